The molecule has 0 spiro atoms. The average Bonchev–Trinajstić information content (AvgIpc) is 2.77. The van der Waals surface area contributed by atoms with Gasteiger partial charge in [-0.15, -0.1) is 0 Å². The maximum atomic E-state index is 11.5. The van der Waals surface area contributed by atoms with Crippen molar-refractivity contribution in [2.75, 3.05) is 44.7 Å². The van der Waals surface area contributed by atoms with E-state index < -0.39 is 0 Å². The van der Waals surface area contributed by atoms with Crippen LogP contribution in [-0.4, -0.2) is 61.6 Å². The van der Waals surface area contributed by atoms with Gasteiger partial charge in [0.05, 0.1) is 19.2 Å². The molecule has 1 aromatic carbocycles. The number of hydrogen-bond acceptors (Lipinski definition) is 5. The molecule has 7 nitrogen and oxygen atoms in total. The largest absolute Gasteiger partial charge is 0.465 e. The lowest BCUT2D eigenvalue weighted by Crippen LogP contribution is -2.52. The first-order valence-corrected chi connectivity index (χ1v) is 9.57. The van der Waals surface area contributed by atoms with Crippen molar-refractivity contribution in [1.82, 2.24) is 15.2 Å². The molecule has 28 heavy (non-hydrogen) atoms. The van der Waals surface area contributed by atoms with Gasteiger partial charge in [0.25, 0.3) is 0 Å². The summed E-state index contributed by atoms with van der Waals surface area (Å²) >= 11 is 0. The van der Waals surface area contributed by atoms with Crippen LogP contribution in [0.3, 0.4) is 0 Å². The minimum atomic E-state index is -0.325. The number of pyridine rings is 1. The Morgan fingerprint density at radius 1 is 1.14 bits per heavy atom. The number of carbonyl (C=O) groups excluding carboxylic acids is 1. The van der Waals surface area contributed by atoms with Gasteiger partial charge in [-0.3, -0.25) is 0 Å². The van der Waals surface area contributed by atoms with E-state index in [1.54, 1.807) is 12.1 Å². The SMILES string of the molecule is CCNC(=NCc1ccc(C(=O)OC)cc1)N1CCN(c2ccccn2)CC1. The van der Waals surface area contributed by atoms with Crippen molar-refractivity contribution in [1.29, 1.82) is 0 Å². The van der Waals surface area contributed by atoms with Gasteiger partial charge in [0.1, 0.15) is 5.82 Å². The predicted octanol–water partition coefficient (Wildman–Crippen LogP) is 2.16. The molecule has 3 rings (SSSR count). The Morgan fingerprint density at radius 3 is 2.50 bits per heavy atom. The second-order valence-electron chi connectivity index (χ2n) is 6.52. The number of guanidine groups is 1. The van der Waals surface area contributed by atoms with Gasteiger partial charge in [-0.25, -0.2) is 14.8 Å². The van der Waals surface area contributed by atoms with Crippen molar-refractivity contribution in [3.63, 3.8) is 0 Å². The molecule has 0 aliphatic carbocycles. The predicted molar refractivity (Wildman–Crippen MR) is 111 cm³/mol. The monoisotopic (exact) mass is 381 g/mol. The number of ether oxygens (including phenoxy) is 1. The average molecular weight is 381 g/mol. The van der Waals surface area contributed by atoms with Crippen molar-refractivity contribution in [3.05, 3.63) is 59.8 Å². The lowest BCUT2D eigenvalue weighted by molar-refractivity contribution is 0.0600. The van der Waals surface area contributed by atoms with Crippen LogP contribution in [0.5, 0.6) is 0 Å². The molecule has 148 valence electrons. The standard InChI is InChI=1S/C21H27N5O2/c1-3-22-21(24-16-17-7-9-18(10-8-17)20(27)28-2)26-14-12-25(13-15-26)19-6-4-5-11-23-19/h4-11H,3,12-16H2,1-2H3,(H,22,24). The summed E-state index contributed by atoms with van der Waals surface area (Å²) in [5.74, 6) is 1.61. The molecule has 1 aliphatic rings. The van der Waals surface area contributed by atoms with Crippen molar-refractivity contribution >= 4 is 17.7 Å². The van der Waals surface area contributed by atoms with Gasteiger partial charge >= 0.3 is 5.97 Å². The van der Waals surface area contributed by atoms with Gasteiger partial charge in [0.15, 0.2) is 5.96 Å². The van der Waals surface area contributed by atoms with Gasteiger partial charge in [-0.2, -0.15) is 0 Å². The number of nitrogens with zero attached hydrogens (tertiary/aromatic N) is 4. The molecule has 0 radical (unpaired) electrons. The van der Waals surface area contributed by atoms with Gasteiger partial charge in [-0.05, 0) is 36.8 Å². The molecular weight excluding hydrogens is 354 g/mol. The van der Waals surface area contributed by atoms with Crippen LogP contribution in [0.2, 0.25) is 0 Å². The number of rotatable bonds is 5. The number of anilines is 1. The third-order valence-electron chi connectivity index (χ3n) is 4.67. The molecule has 1 fully saturated rings. The highest BCUT2D eigenvalue weighted by molar-refractivity contribution is 5.89. The van der Waals surface area contributed by atoms with E-state index in [1.165, 1.54) is 7.11 Å². The number of benzene rings is 1. The summed E-state index contributed by atoms with van der Waals surface area (Å²) in [6, 6.07) is 13.4. The zero-order chi connectivity index (χ0) is 19.8. The fraction of sp³-hybridized carbons (Fsp3) is 0.381. The van der Waals surface area contributed by atoms with Gasteiger partial charge < -0.3 is 19.9 Å². The van der Waals surface area contributed by atoms with E-state index in [9.17, 15) is 4.79 Å². The van der Waals surface area contributed by atoms with Crippen molar-refractivity contribution < 1.29 is 9.53 Å². The van der Waals surface area contributed by atoms with Crippen LogP contribution in [0, 0.1) is 0 Å². The first kappa shape index (κ1) is 19.7. The summed E-state index contributed by atoms with van der Waals surface area (Å²) < 4.78 is 4.73. The quantitative estimate of drug-likeness (QED) is 0.486. The van der Waals surface area contributed by atoms with Crippen molar-refractivity contribution in [3.8, 4) is 0 Å². The maximum Gasteiger partial charge on any atom is 0.337 e. The second-order valence-corrected chi connectivity index (χ2v) is 6.52. The molecule has 2 heterocycles. The molecular formula is C21H27N5O2. The number of nitrogens with one attached hydrogen (secondary N) is 1. The highest BCUT2D eigenvalue weighted by atomic mass is 16.5. The summed E-state index contributed by atoms with van der Waals surface area (Å²) in [7, 11) is 1.39. The summed E-state index contributed by atoms with van der Waals surface area (Å²) in [6.45, 7) is 7.06. The lowest BCUT2D eigenvalue weighted by atomic mass is 10.1. The van der Waals surface area contributed by atoms with E-state index in [0.717, 1.165) is 50.1 Å². The molecule has 0 unspecified atom stereocenters. The molecule has 2 aromatic rings. The van der Waals surface area contributed by atoms with Crippen LogP contribution in [0.15, 0.2) is 53.7 Å². The third kappa shape index (κ3) is 5.00. The Kier molecular flexibility index (Phi) is 6.84. The Bertz CT molecular complexity index is 784. The fourth-order valence-electron chi connectivity index (χ4n) is 3.14. The topological polar surface area (TPSA) is 70.1 Å². The number of hydrogen-bond donors (Lipinski definition) is 1. The number of aliphatic imine (C=N–C) groups is 1. The first-order chi connectivity index (χ1) is 13.7. The van der Waals surface area contributed by atoms with Crippen LogP contribution >= 0.6 is 0 Å². The minimum Gasteiger partial charge on any atom is -0.465 e. The molecule has 0 bridgehead atoms. The van der Waals surface area contributed by atoms with Gasteiger partial charge in [0, 0.05) is 38.9 Å². The molecule has 0 saturated carbocycles. The van der Waals surface area contributed by atoms with E-state index >= 15 is 0 Å². The van der Waals surface area contributed by atoms with E-state index in [4.69, 9.17) is 9.73 Å². The van der Waals surface area contributed by atoms with Crippen LogP contribution in [-0.2, 0) is 11.3 Å². The number of aromatic nitrogens is 1. The van der Waals surface area contributed by atoms with Crippen molar-refractivity contribution in [2.45, 2.75) is 13.5 Å². The second kappa shape index (κ2) is 9.73. The van der Waals surface area contributed by atoms with Crippen LogP contribution in [0.1, 0.15) is 22.8 Å². The number of carbonyl (C=O) groups is 1. The zero-order valence-corrected chi connectivity index (χ0v) is 16.5. The Balaban J connectivity index is 1.61. The smallest absolute Gasteiger partial charge is 0.337 e. The molecule has 1 aliphatic heterocycles. The summed E-state index contributed by atoms with van der Waals surface area (Å²) in [5, 5.41) is 3.38. The first-order valence-electron chi connectivity index (χ1n) is 9.57. The molecule has 1 aromatic heterocycles. The highest BCUT2D eigenvalue weighted by Gasteiger charge is 2.20. The van der Waals surface area contributed by atoms with E-state index in [-0.39, 0.29) is 5.97 Å². The number of esters is 1. The lowest BCUT2D eigenvalue weighted by Gasteiger charge is -2.37. The Hall–Kier alpha value is -3.09. The molecule has 1 N–H and O–H groups in total. The fourth-order valence-corrected chi connectivity index (χ4v) is 3.14. The molecule has 0 atom stereocenters. The van der Waals surface area contributed by atoms with E-state index in [2.05, 4.69) is 27.0 Å². The summed E-state index contributed by atoms with van der Waals surface area (Å²) in [5.41, 5.74) is 1.60. The number of methoxy groups -OCH3 is 1. The summed E-state index contributed by atoms with van der Waals surface area (Å²) in [6.07, 6.45) is 1.83. The minimum absolute atomic E-state index is 0.325. The van der Waals surface area contributed by atoms with E-state index in [0.29, 0.717) is 12.1 Å². The Morgan fingerprint density at radius 2 is 1.89 bits per heavy atom. The van der Waals surface area contributed by atoms with Gasteiger partial charge in [0.2, 0.25) is 0 Å². The molecule has 7 heteroatoms. The Labute approximate surface area is 166 Å². The highest BCUT2D eigenvalue weighted by Crippen LogP contribution is 2.13. The van der Waals surface area contributed by atoms with Crippen LogP contribution in [0.25, 0.3) is 0 Å². The zero-order valence-electron chi connectivity index (χ0n) is 16.5. The normalized spacial score (nSPS) is 14.7. The van der Waals surface area contributed by atoms with Crippen molar-refractivity contribution in [2.24, 2.45) is 4.99 Å². The molecule has 1 saturated heterocycles. The molecule has 0 amide bonds. The summed E-state index contributed by atoms with van der Waals surface area (Å²) in [4.78, 5) is 25.3. The maximum absolute atomic E-state index is 11.5. The third-order valence-corrected chi connectivity index (χ3v) is 4.67. The van der Waals surface area contributed by atoms with Crippen LogP contribution in [0.4, 0.5) is 5.82 Å². The van der Waals surface area contributed by atoms with Crippen LogP contribution < -0.4 is 10.2 Å². The number of piperazine rings is 1. The van der Waals surface area contributed by atoms with Gasteiger partial charge in [-0.1, -0.05) is 18.2 Å². The van der Waals surface area contributed by atoms with E-state index in [1.807, 2.05) is 36.5 Å².